The third-order valence-corrected chi connectivity index (χ3v) is 4.77. The van der Waals surface area contributed by atoms with E-state index in [2.05, 4.69) is 0 Å². The van der Waals surface area contributed by atoms with Crippen LogP contribution in [0, 0.1) is 12.7 Å². The van der Waals surface area contributed by atoms with E-state index in [9.17, 15) is 17.9 Å². The number of aliphatic hydroxyl groups excluding tert-OH is 1. The molecule has 112 valence electrons. The third kappa shape index (κ3) is 4.65. The van der Waals surface area contributed by atoms with Crippen LogP contribution in [0.5, 0.6) is 0 Å². The van der Waals surface area contributed by atoms with Gasteiger partial charge in [0.05, 0.1) is 17.6 Å². The second-order valence-corrected chi connectivity index (χ2v) is 7.22. The normalized spacial score (nSPS) is 13.1. The number of rotatable bonds is 5. The quantitative estimate of drug-likeness (QED) is 0.924. The lowest BCUT2D eigenvalue weighted by Crippen LogP contribution is -2.16. The summed E-state index contributed by atoms with van der Waals surface area (Å²) in [6, 6.07) is 12.4. The molecule has 1 unspecified atom stereocenters. The first-order valence-electron chi connectivity index (χ1n) is 6.55. The highest BCUT2D eigenvalue weighted by Gasteiger charge is 2.19. The molecule has 0 saturated carbocycles. The van der Waals surface area contributed by atoms with Crippen LogP contribution >= 0.6 is 0 Å². The summed E-state index contributed by atoms with van der Waals surface area (Å²) in [4.78, 5) is 0. The molecule has 0 radical (unpaired) electrons. The summed E-state index contributed by atoms with van der Waals surface area (Å²) in [5.74, 6) is -0.925. The van der Waals surface area contributed by atoms with Gasteiger partial charge in [-0.3, -0.25) is 0 Å². The molecule has 0 saturated heterocycles. The van der Waals surface area contributed by atoms with E-state index in [0.29, 0.717) is 11.1 Å². The van der Waals surface area contributed by atoms with Crippen LogP contribution in [0.25, 0.3) is 0 Å². The van der Waals surface area contributed by atoms with Gasteiger partial charge in [0.25, 0.3) is 0 Å². The predicted molar refractivity (Wildman–Crippen MR) is 80.0 cm³/mol. The van der Waals surface area contributed by atoms with Crippen LogP contribution in [0.4, 0.5) is 4.39 Å². The minimum absolute atomic E-state index is 0.120. The highest BCUT2D eigenvalue weighted by molar-refractivity contribution is 7.90. The Hall–Kier alpha value is -1.72. The molecular formula is C16H17FO3S. The van der Waals surface area contributed by atoms with Crippen molar-refractivity contribution in [2.45, 2.75) is 18.8 Å². The molecule has 0 spiro atoms. The largest absolute Gasteiger partial charge is 0.387 e. The van der Waals surface area contributed by atoms with E-state index >= 15 is 0 Å². The number of benzene rings is 2. The van der Waals surface area contributed by atoms with Gasteiger partial charge in [0, 0.05) is 0 Å². The summed E-state index contributed by atoms with van der Waals surface area (Å²) in [6.45, 7) is 1.93. The number of aliphatic hydroxyl groups is 1. The molecule has 0 aliphatic carbocycles. The second kappa shape index (κ2) is 6.37. The highest BCUT2D eigenvalue weighted by atomic mass is 32.2. The van der Waals surface area contributed by atoms with Crippen molar-refractivity contribution in [2.24, 2.45) is 0 Å². The Morgan fingerprint density at radius 3 is 2.19 bits per heavy atom. The SMILES string of the molecule is Cc1ccc(CS(=O)(=O)CC(O)c2ccc(F)cc2)cc1. The lowest BCUT2D eigenvalue weighted by molar-refractivity contribution is 0.201. The summed E-state index contributed by atoms with van der Waals surface area (Å²) >= 11 is 0. The van der Waals surface area contributed by atoms with Crippen LogP contribution in [0.15, 0.2) is 48.5 Å². The number of sulfone groups is 1. The van der Waals surface area contributed by atoms with Gasteiger partial charge in [-0.1, -0.05) is 42.0 Å². The monoisotopic (exact) mass is 308 g/mol. The first kappa shape index (κ1) is 15.7. The molecule has 3 nitrogen and oxygen atoms in total. The summed E-state index contributed by atoms with van der Waals surface area (Å²) in [7, 11) is -3.45. The maximum atomic E-state index is 12.8. The minimum Gasteiger partial charge on any atom is -0.387 e. The lowest BCUT2D eigenvalue weighted by Gasteiger charge is -2.12. The molecule has 0 heterocycles. The van der Waals surface area contributed by atoms with E-state index < -0.39 is 21.8 Å². The Balaban J connectivity index is 2.06. The Labute approximate surface area is 124 Å². The van der Waals surface area contributed by atoms with Crippen LogP contribution in [0.2, 0.25) is 0 Å². The molecule has 0 aromatic heterocycles. The zero-order valence-corrected chi connectivity index (χ0v) is 12.5. The predicted octanol–water partition coefficient (Wildman–Crippen LogP) is 2.78. The molecule has 2 rings (SSSR count). The van der Waals surface area contributed by atoms with Crippen LogP contribution in [0.3, 0.4) is 0 Å². The molecule has 1 N–H and O–H groups in total. The summed E-state index contributed by atoms with van der Waals surface area (Å²) < 4.78 is 37.0. The fraction of sp³-hybridized carbons (Fsp3) is 0.250. The van der Waals surface area contributed by atoms with Crippen molar-refractivity contribution in [1.29, 1.82) is 0 Å². The molecule has 0 bridgehead atoms. The number of halogens is 1. The molecule has 2 aromatic rings. The Bertz CT molecular complexity index is 691. The number of hydrogen-bond donors (Lipinski definition) is 1. The van der Waals surface area contributed by atoms with Crippen molar-refractivity contribution in [3.05, 3.63) is 71.0 Å². The lowest BCUT2D eigenvalue weighted by atomic mass is 10.1. The van der Waals surface area contributed by atoms with E-state index in [1.54, 1.807) is 12.1 Å². The standard InChI is InChI=1S/C16H17FO3S/c1-12-2-4-13(5-3-12)10-21(19,20)11-16(18)14-6-8-15(17)9-7-14/h2-9,16,18H,10-11H2,1H3. The van der Waals surface area contributed by atoms with Crippen LogP contribution in [-0.4, -0.2) is 19.3 Å². The molecule has 2 aromatic carbocycles. The van der Waals surface area contributed by atoms with Gasteiger partial charge < -0.3 is 5.11 Å². The zero-order valence-electron chi connectivity index (χ0n) is 11.7. The van der Waals surface area contributed by atoms with Crippen molar-refractivity contribution in [1.82, 2.24) is 0 Å². The molecule has 0 aliphatic heterocycles. The first-order valence-corrected chi connectivity index (χ1v) is 8.37. The number of aryl methyl sites for hydroxylation is 1. The average molecular weight is 308 g/mol. The van der Waals surface area contributed by atoms with Gasteiger partial charge in [-0.25, -0.2) is 12.8 Å². The number of hydrogen-bond acceptors (Lipinski definition) is 3. The minimum atomic E-state index is -3.45. The summed E-state index contributed by atoms with van der Waals surface area (Å²) in [5.41, 5.74) is 2.14. The average Bonchev–Trinajstić information content (AvgIpc) is 2.41. The maximum Gasteiger partial charge on any atom is 0.157 e. The van der Waals surface area contributed by atoms with Gasteiger partial charge in [-0.05, 0) is 30.2 Å². The fourth-order valence-electron chi connectivity index (χ4n) is 2.02. The van der Waals surface area contributed by atoms with Crippen molar-refractivity contribution in [3.8, 4) is 0 Å². The smallest absolute Gasteiger partial charge is 0.157 e. The zero-order chi connectivity index (χ0) is 15.5. The second-order valence-electron chi connectivity index (χ2n) is 5.11. The van der Waals surface area contributed by atoms with Crippen molar-refractivity contribution in [3.63, 3.8) is 0 Å². The molecule has 1 atom stereocenters. The van der Waals surface area contributed by atoms with Crippen LogP contribution < -0.4 is 0 Å². The molecule has 5 heteroatoms. The van der Waals surface area contributed by atoms with E-state index in [0.717, 1.165) is 5.56 Å². The van der Waals surface area contributed by atoms with Crippen molar-refractivity contribution in [2.75, 3.05) is 5.75 Å². The van der Waals surface area contributed by atoms with Gasteiger partial charge in [-0.2, -0.15) is 0 Å². The van der Waals surface area contributed by atoms with E-state index in [1.807, 2.05) is 19.1 Å². The van der Waals surface area contributed by atoms with Crippen LogP contribution in [0.1, 0.15) is 22.8 Å². The molecule has 21 heavy (non-hydrogen) atoms. The van der Waals surface area contributed by atoms with Crippen molar-refractivity contribution >= 4 is 9.84 Å². The van der Waals surface area contributed by atoms with Gasteiger partial charge in [0.15, 0.2) is 9.84 Å². The van der Waals surface area contributed by atoms with Crippen molar-refractivity contribution < 1.29 is 17.9 Å². The van der Waals surface area contributed by atoms with Gasteiger partial charge in [0.1, 0.15) is 5.82 Å². The van der Waals surface area contributed by atoms with E-state index in [-0.39, 0.29) is 11.5 Å². The summed E-state index contributed by atoms with van der Waals surface area (Å²) in [6.07, 6.45) is -1.15. The summed E-state index contributed by atoms with van der Waals surface area (Å²) in [5, 5.41) is 9.97. The molecule has 0 fully saturated rings. The molecule has 0 aliphatic rings. The van der Waals surface area contributed by atoms with E-state index in [4.69, 9.17) is 0 Å². The van der Waals surface area contributed by atoms with Gasteiger partial charge in [0.2, 0.25) is 0 Å². The maximum absolute atomic E-state index is 12.8. The van der Waals surface area contributed by atoms with Gasteiger partial charge in [-0.15, -0.1) is 0 Å². The van der Waals surface area contributed by atoms with Gasteiger partial charge >= 0.3 is 0 Å². The highest BCUT2D eigenvalue weighted by Crippen LogP contribution is 2.18. The third-order valence-electron chi connectivity index (χ3n) is 3.17. The molecular weight excluding hydrogens is 291 g/mol. The van der Waals surface area contributed by atoms with E-state index in [1.165, 1.54) is 24.3 Å². The fourth-order valence-corrected chi connectivity index (χ4v) is 3.51. The Morgan fingerprint density at radius 1 is 1.05 bits per heavy atom. The van der Waals surface area contributed by atoms with Crippen LogP contribution in [-0.2, 0) is 15.6 Å². The Kier molecular flexibility index (Phi) is 4.75. The Morgan fingerprint density at radius 2 is 1.62 bits per heavy atom. The molecule has 0 amide bonds. The topological polar surface area (TPSA) is 54.4 Å². The first-order chi connectivity index (χ1) is 9.85.